The highest BCUT2D eigenvalue weighted by Crippen LogP contribution is 2.34. The Morgan fingerprint density at radius 3 is 1.77 bits per heavy atom. The Bertz CT molecular complexity index is 536. The first-order valence-corrected chi connectivity index (χ1v) is 9.12. The third kappa shape index (κ3) is 6.83. The number of esters is 4. The Morgan fingerprint density at radius 2 is 1.31 bits per heavy atom. The minimum Gasteiger partial charge on any atom is -0.463 e. The second-order valence-electron chi connectivity index (χ2n) is 5.52. The van der Waals surface area contributed by atoms with Crippen molar-refractivity contribution in [3.8, 4) is 0 Å². The van der Waals surface area contributed by atoms with Gasteiger partial charge in [-0.2, -0.15) is 0 Å². The lowest BCUT2D eigenvalue weighted by Crippen LogP contribution is -2.61. The van der Waals surface area contributed by atoms with E-state index in [1.807, 2.05) is 6.92 Å². The Balaban J connectivity index is 3.22. The van der Waals surface area contributed by atoms with E-state index in [1.54, 1.807) is 0 Å². The molecule has 0 spiro atoms. The molecule has 10 heteroatoms. The second kappa shape index (κ2) is 10.4. The number of rotatable bonds is 7. The molecule has 0 radical (unpaired) electrons. The van der Waals surface area contributed by atoms with Crippen molar-refractivity contribution in [3.05, 3.63) is 0 Å². The van der Waals surface area contributed by atoms with E-state index in [0.29, 0.717) is 5.75 Å². The van der Waals surface area contributed by atoms with E-state index >= 15 is 0 Å². The summed E-state index contributed by atoms with van der Waals surface area (Å²) >= 11 is 1.32. The molecule has 0 N–H and O–H groups in total. The van der Waals surface area contributed by atoms with Crippen LogP contribution in [0.3, 0.4) is 0 Å². The van der Waals surface area contributed by atoms with Gasteiger partial charge in [0, 0.05) is 27.7 Å². The maximum absolute atomic E-state index is 11.6. The van der Waals surface area contributed by atoms with Crippen LogP contribution in [0.2, 0.25) is 0 Å². The summed E-state index contributed by atoms with van der Waals surface area (Å²) in [5.74, 6) is -1.81. The standard InChI is InChI=1S/C16H24O9S/c1-6-26-16-15(24-11(5)20)14(23-10(4)19)13(22-9(3)18)12(25-16)7-21-8(2)17/h12-16H,6-7H2,1-5H3/t12-,13+,14+,15+,16+/m0/s1. The van der Waals surface area contributed by atoms with E-state index in [0.717, 1.165) is 0 Å². The third-order valence-corrected chi connectivity index (χ3v) is 4.32. The highest BCUT2D eigenvalue weighted by molar-refractivity contribution is 7.99. The molecule has 0 saturated carbocycles. The zero-order valence-corrected chi connectivity index (χ0v) is 16.2. The predicted molar refractivity (Wildman–Crippen MR) is 90.1 cm³/mol. The van der Waals surface area contributed by atoms with Crippen LogP contribution in [0.1, 0.15) is 34.6 Å². The van der Waals surface area contributed by atoms with Crippen LogP contribution in [0.15, 0.2) is 0 Å². The van der Waals surface area contributed by atoms with Crippen molar-refractivity contribution in [3.63, 3.8) is 0 Å². The van der Waals surface area contributed by atoms with E-state index in [1.165, 1.54) is 39.5 Å². The number of thioether (sulfide) groups is 1. The minimum atomic E-state index is -1.10. The van der Waals surface area contributed by atoms with Gasteiger partial charge < -0.3 is 23.7 Å². The van der Waals surface area contributed by atoms with Crippen molar-refractivity contribution >= 4 is 35.6 Å². The number of ether oxygens (including phenoxy) is 5. The van der Waals surface area contributed by atoms with Gasteiger partial charge in [0.1, 0.15) is 18.1 Å². The smallest absolute Gasteiger partial charge is 0.303 e. The van der Waals surface area contributed by atoms with E-state index in [4.69, 9.17) is 23.7 Å². The van der Waals surface area contributed by atoms with Gasteiger partial charge in [0.05, 0.1) is 0 Å². The first-order valence-electron chi connectivity index (χ1n) is 8.07. The van der Waals surface area contributed by atoms with Gasteiger partial charge in [0.25, 0.3) is 0 Å². The van der Waals surface area contributed by atoms with E-state index in [-0.39, 0.29) is 6.61 Å². The van der Waals surface area contributed by atoms with Crippen LogP contribution in [-0.4, -0.2) is 66.1 Å². The Kier molecular flexibility index (Phi) is 8.86. The molecule has 0 aromatic carbocycles. The van der Waals surface area contributed by atoms with Gasteiger partial charge in [-0.1, -0.05) is 6.92 Å². The largest absolute Gasteiger partial charge is 0.463 e. The minimum absolute atomic E-state index is 0.210. The van der Waals surface area contributed by atoms with Crippen LogP contribution < -0.4 is 0 Å². The summed E-state index contributed by atoms with van der Waals surface area (Å²) in [4.78, 5) is 45.8. The fourth-order valence-electron chi connectivity index (χ4n) is 2.49. The molecule has 1 rings (SSSR count). The topological polar surface area (TPSA) is 114 Å². The Hall–Kier alpha value is -1.81. The molecule has 0 bridgehead atoms. The van der Waals surface area contributed by atoms with E-state index in [9.17, 15) is 19.2 Å². The van der Waals surface area contributed by atoms with Crippen molar-refractivity contribution in [2.75, 3.05) is 12.4 Å². The summed E-state index contributed by atoms with van der Waals surface area (Å²) in [7, 11) is 0. The van der Waals surface area contributed by atoms with Gasteiger partial charge in [-0.25, -0.2) is 0 Å². The fraction of sp³-hybridized carbons (Fsp3) is 0.750. The summed E-state index contributed by atoms with van der Waals surface area (Å²) in [6, 6.07) is 0. The summed E-state index contributed by atoms with van der Waals surface area (Å²) in [6.07, 6.45) is -4.07. The SMILES string of the molecule is CCS[C@H]1O[C@@H](COC(C)=O)[C@@H](OC(C)=O)[C@@H](OC(C)=O)[C@H]1OC(C)=O. The van der Waals surface area contributed by atoms with Crippen LogP contribution in [0.25, 0.3) is 0 Å². The first-order chi connectivity index (χ1) is 12.1. The first kappa shape index (κ1) is 22.2. The van der Waals surface area contributed by atoms with Crippen molar-refractivity contribution in [1.82, 2.24) is 0 Å². The molecule has 0 unspecified atom stereocenters. The molecule has 0 aromatic heterocycles. The zero-order valence-electron chi connectivity index (χ0n) is 15.4. The number of hydrogen-bond acceptors (Lipinski definition) is 10. The molecule has 0 amide bonds. The zero-order chi connectivity index (χ0) is 19.9. The molecule has 0 aliphatic carbocycles. The molecule has 1 saturated heterocycles. The van der Waals surface area contributed by atoms with Gasteiger partial charge >= 0.3 is 23.9 Å². The number of hydrogen-bond donors (Lipinski definition) is 0. The second-order valence-corrected chi connectivity index (χ2v) is 6.90. The molecular formula is C16H24O9S. The van der Waals surface area contributed by atoms with E-state index in [2.05, 4.69) is 0 Å². The molecule has 26 heavy (non-hydrogen) atoms. The highest BCUT2D eigenvalue weighted by atomic mass is 32.2. The predicted octanol–water partition coefficient (Wildman–Crippen LogP) is 0.823. The van der Waals surface area contributed by atoms with Crippen molar-refractivity contribution in [1.29, 1.82) is 0 Å². The van der Waals surface area contributed by atoms with Crippen molar-refractivity contribution < 1.29 is 42.9 Å². The number of carbonyl (C=O) groups excluding carboxylic acids is 4. The summed E-state index contributed by atoms with van der Waals surface area (Å²) in [5, 5.41) is 0. The Labute approximate surface area is 156 Å². The molecule has 1 aliphatic rings. The van der Waals surface area contributed by atoms with Crippen LogP contribution >= 0.6 is 11.8 Å². The highest BCUT2D eigenvalue weighted by Gasteiger charge is 2.52. The quantitative estimate of drug-likeness (QED) is 0.455. The molecule has 9 nitrogen and oxygen atoms in total. The van der Waals surface area contributed by atoms with Crippen molar-refractivity contribution in [2.24, 2.45) is 0 Å². The molecular weight excluding hydrogens is 368 g/mol. The van der Waals surface area contributed by atoms with Crippen LogP contribution in [0, 0.1) is 0 Å². The lowest BCUT2D eigenvalue weighted by Gasteiger charge is -2.44. The molecule has 0 aromatic rings. The van der Waals surface area contributed by atoms with Gasteiger partial charge in [-0.3, -0.25) is 19.2 Å². The average molecular weight is 392 g/mol. The number of carbonyl (C=O) groups is 4. The average Bonchev–Trinajstić information content (AvgIpc) is 2.50. The third-order valence-electron chi connectivity index (χ3n) is 3.28. The van der Waals surface area contributed by atoms with Gasteiger partial charge in [-0.15, -0.1) is 11.8 Å². The monoisotopic (exact) mass is 392 g/mol. The molecule has 1 heterocycles. The summed E-state index contributed by atoms with van der Waals surface area (Å²) in [5.41, 5.74) is -0.694. The van der Waals surface area contributed by atoms with Crippen molar-refractivity contribution in [2.45, 2.75) is 64.5 Å². The molecule has 1 fully saturated rings. The summed E-state index contributed by atoms with van der Waals surface area (Å²) < 4.78 is 26.7. The summed E-state index contributed by atoms with van der Waals surface area (Å²) in [6.45, 7) is 6.48. The molecule has 5 atom stereocenters. The molecule has 1 aliphatic heterocycles. The fourth-order valence-corrected chi connectivity index (χ4v) is 3.44. The van der Waals surface area contributed by atoms with Gasteiger partial charge in [-0.05, 0) is 5.75 Å². The maximum Gasteiger partial charge on any atom is 0.303 e. The van der Waals surface area contributed by atoms with Crippen LogP contribution in [0.5, 0.6) is 0 Å². The van der Waals surface area contributed by atoms with Crippen LogP contribution in [-0.2, 0) is 42.9 Å². The van der Waals surface area contributed by atoms with E-state index < -0.39 is 53.7 Å². The lowest BCUT2D eigenvalue weighted by molar-refractivity contribution is -0.237. The van der Waals surface area contributed by atoms with Gasteiger partial charge in [0.2, 0.25) is 0 Å². The molecule has 148 valence electrons. The van der Waals surface area contributed by atoms with Crippen LogP contribution in [0.4, 0.5) is 0 Å². The maximum atomic E-state index is 11.6. The lowest BCUT2D eigenvalue weighted by atomic mass is 9.99. The van der Waals surface area contributed by atoms with Gasteiger partial charge in [0.15, 0.2) is 18.3 Å². The Morgan fingerprint density at radius 1 is 0.808 bits per heavy atom. The normalized spacial score (nSPS) is 28.0.